The van der Waals surface area contributed by atoms with Crippen molar-refractivity contribution in [3.63, 3.8) is 0 Å². The van der Waals surface area contributed by atoms with E-state index in [0.29, 0.717) is 12.3 Å². The van der Waals surface area contributed by atoms with E-state index in [4.69, 9.17) is 4.74 Å². The van der Waals surface area contributed by atoms with Gasteiger partial charge in [-0.15, -0.1) is 0 Å². The lowest BCUT2D eigenvalue weighted by atomic mass is 9.94. The van der Waals surface area contributed by atoms with Crippen molar-refractivity contribution in [2.75, 3.05) is 0 Å². The first kappa shape index (κ1) is 20.3. The van der Waals surface area contributed by atoms with Gasteiger partial charge in [-0.3, -0.25) is 9.69 Å². The molecule has 2 aliphatic rings. The number of carbonyl (C=O) groups is 2. The average molecular weight is 427 g/mol. The Labute approximate surface area is 187 Å². The smallest absolute Gasteiger partial charge is 0.329 e. The van der Waals surface area contributed by atoms with E-state index in [2.05, 4.69) is 29.6 Å². The zero-order valence-electron chi connectivity index (χ0n) is 17.9. The molecule has 5 nitrogen and oxygen atoms in total. The highest BCUT2D eigenvalue weighted by Gasteiger charge is 2.38. The van der Waals surface area contributed by atoms with Crippen LogP contribution in [0, 0.1) is 0 Å². The lowest BCUT2D eigenvalue weighted by Crippen LogP contribution is -2.41. The number of rotatable bonds is 5. The number of imide groups is 1. The summed E-state index contributed by atoms with van der Waals surface area (Å²) in [5.74, 6) is 0.531. The Morgan fingerprint density at radius 3 is 2.47 bits per heavy atom. The van der Waals surface area contributed by atoms with E-state index in [0.717, 1.165) is 42.6 Å². The van der Waals surface area contributed by atoms with Gasteiger partial charge < -0.3 is 10.1 Å². The molecule has 32 heavy (non-hydrogen) atoms. The normalized spacial score (nSPS) is 18.4. The maximum Gasteiger partial charge on any atom is 0.329 e. The third-order valence-corrected chi connectivity index (χ3v) is 6.31. The summed E-state index contributed by atoms with van der Waals surface area (Å²) in [6.07, 6.45) is 6.85. The zero-order chi connectivity index (χ0) is 21.9. The van der Waals surface area contributed by atoms with Crippen LogP contribution in [0.2, 0.25) is 0 Å². The summed E-state index contributed by atoms with van der Waals surface area (Å²) in [5.41, 5.74) is 2.32. The molecule has 3 aromatic rings. The van der Waals surface area contributed by atoms with Crippen molar-refractivity contribution in [1.29, 1.82) is 0 Å². The van der Waals surface area contributed by atoms with Crippen LogP contribution in [0.15, 0.2) is 72.4 Å². The topological polar surface area (TPSA) is 58.6 Å². The second kappa shape index (κ2) is 8.87. The van der Waals surface area contributed by atoms with E-state index in [9.17, 15) is 9.59 Å². The van der Waals surface area contributed by atoms with Crippen LogP contribution in [-0.2, 0) is 11.4 Å². The van der Waals surface area contributed by atoms with Crippen LogP contribution in [0.4, 0.5) is 4.79 Å². The Morgan fingerprint density at radius 2 is 1.66 bits per heavy atom. The number of nitrogens with zero attached hydrogens (tertiary/aromatic N) is 1. The van der Waals surface area contributed by atoms with Gasteiger partial charge in [-0.25, -0.2) is 4.79 Å². The van der Waals surface area contributed by atoms with E-state index in [1.165, 1.54) is 22.1 Å². The number of hydrogen-bond acceptors (Lipinski definition) is 3. The molecular formula is C27H26N2O3. The van der Waals surface area contributed by atoms with Crippen molar-refractivity contribution >= 4 is 28.8 Å². The van der Waals surface area contributed by atoms with Crippen molar-refractivity contribution in [2.45, 2.75) is 44.8 Å². The third kappa shape index (κ3) is 4.11. The largest absolute Gasteiger partial charge is 0.489 e. The molecule has 0 radical (unpaired) electrons. The Hall–Kier alpha value is -3.60. The second-order valence-electron chi connectivity index (χ2n) is 8.45. The first-order chi connectivity index (χ1) is 15.7. The van der Waals surface area contributed by atoms with Gasteiger partial charge in [0.1, 0.15) is 18.1 Å². The molecule has 0 atom stereocenters. The van der Waals surface area contributed by atoms with Crippen LogP contribution in [0.25, 0.3) is 16.8 Å². The fourth-order valence-electron chi connectivity index (χ4n) is 4.63. The number of fused-ring (bicyclic) bond motifs is 1. The van der Waals surface area contributed by atoms with E-state index < -0.39 is 0 Å². The molecular weight excluding hydrogens is 400 g/mol. The van der Waals surface area contributed by atoms with Crippen LogP contribution >= 0.6 is 0 Å². The maximum absolute atomic E-state index is 12.8. The zero-order valence-corrected chi connectivity index (χ0v) is 17.9. The fourth-order valence-corrected chi connectivity index (χ4v) is 4.63. The number of ether oxygens (including phenoxy) is 1. The molecule has 5 rings (SSSR count). The highest BCUT2D eigenvalue weighted by atomic mass is 16.5. The lowest BCUT2D eigenvalue weighted by Gasteiger charge is -2.28. The Bertz CT molecular complexity index is 1170. The fraction of sp³-hybridized carbons (Fsp3) is 0.259. The van der Waals surface area contributed by atoms with E-state index in [1.54, 1.807) is 6.08 Å². The molecule has 2 fully saturated rings. The van der Waals surface area contributed by atoms with Gasteiger partial charge >= 0.3 is 6.03 Å². The predicted octanol–water partition coefficient (Wildman–Crippen LogP) is 5.64. The number of hydrogen-bond donors (Lipinski definition) is 1. The summed E-state index contributed by atoms with van der Waals surface area (Å²) in [5, 5.41) is 5.13. The molecule has 0 aromatic heterocycles. The van der Waals surface area contributed by atoms with Gasteiger partial charge in [-0.05, 0) is 52.9 Å². The Balaban J connectivity index is 1.26. The van der Waals surface area contributed by atoms with Crippen LogP contribution in [0.1, 0.15) is 43.2 Å². The molecule has 1 aliphatic carbocycles. The monoisotopic (exact) mass is 426 g/mol. The minimum Gasteiger partial charge on any atom is -0.489 e. The van der Waals surface area contributed by atoms with Crippen molar-refractivity contribution in [1.82, 2.24) is 10.2 Å². The van der Waals surface area contributed by atoms with E-state index in [-0.39, 0.29) is 18.0 Å². The molecule has 1 saturated carbocycles. The number of carbonyl (C=O) groups excluding carboxylic acids is 2. The maximum atomic E-state index is 12.8. The molecule has 1 heterocycles. The summed E-state index contributed by atoms with van der Waals surface area (Å²) in [6.45, 7) is 0.479. The minimum absolute atomic E-state index is 0.0204. The third-order valence-electron chi connectivity index (χ3n) is 6.31. The summed E-state index contributed by atoms with van der Waals surface area (Å²) in [6, 6.07) is 21.8. The molecule has 5 heteroatoms. The van der Waals surface area contributed by atoms with Gasteiger partial charge in [0.15, 0.2) is 0 Å². The average Bonchev–Trinajstić information content (AvgIpc) is 3.11. The van der Waals surface area contributed by atoms with Gasteiger partial charge in [0.05, 0.1) is 0 Å². The van der Waals surface area contributed by atoms with Crippen LogP contribution < -0.4 is 10.1 Å². The van der Waals surface area contributed by atoms with Crippen molar-refractivity contribution in [2.24, 2.45) is 0 Å². The molecule has 1 aliphatic heterocycles. The summed E-state index contributed by atoms with van der Waals surface area (Å²) < 4.78 is 5.99. The van der Waals surface area contributed by atoms with Gasteiger partial charge in [0.2, 0.25) is 0 Å². The van der Waals surface area contributed by atoms with E-state index >= 15 is 0 Å². The van der Waals surface area contributed by atoms with Gasteiger partial charge in [-0.2, -0.15) is 0 Å². The molecule has 1 N–H and O–H groups in total. The molecule has 0 spiro atoms. The first-order valence-electron chi connectivity index (χ1n) is 11.2. The SMILES string of the molecule is O=C1N/C(=C\c2ccc(OCc3cccc4ccccc34)cc2)C(=O)N1C1CCCCC1. The second-order valence-corrected chi connectivity index (χ2v) is 8.45. The van der Waals surface area contributed by atoms with Crippen LogP contribution in [0.5, 0.6) is 5.75 Å². The summed E-state index contributed by atoms with van der Waals surface area (Å²) >= 11 is 0. The molecule has 162 valence electrons. The Morgan fingerprint density at radius 1 is 0.906 bits per heavy atom. The minimum atomic E-state index is -0.303. The molecule has 0 unspecified atom stereocenters. The first-order valence-corrected chi connectivity index (χ1v) is 11.2. The lowest BCUT2D eigenvalue weighted by molar-refractivity contribution is -0.124. The highest BCUT2D eigenvalue weighted by molar-refractivity contribution is 6.14. The number of amides is 3. The van der Waals surface area contributed by atoms with Gasteiger partial charge in [0.25, 0.3) is 5.91 Å². The summed E-state index contributed by atoms with van der Waals surface area (Å²) in [7, 11) is 0. The number of nitrogens with one attached hydrogen (secondary N) is 1. The number of benzene rings is 3. The molecule has 0 bridgehead atoms. The van der Waals surface area contributed by atoms with Crippen LogP contribution in [-0.4, -0.2) is 22.9 Å². The van der Waals surface area contributed by atoms with Crippen molar-refractivity contribution in [3.8, 4) is 5.75 Å². The molecule has 1 saturated heterocycles. The number of urea groups is 1. The van der Waals surface area contributed by atoms with Crippen molar-refractivity contribution in [3.05, 3.63) is 83.6 Å². The van der Waals surface area contributed by atoms with Crippen molar-refractivity contribution < 1.29 is 14.3 Å². The summed E-state index contributed by atoms with van der Waals surface area (Å²) in [4.78, 5) is 26.6. The van der Waals surface area contributed by atoms with Crippen LogP contribution in [0.3, 0.4) is 0 Å². The van der Waals surface area contributed by atoms with Gasteiger partial charge in [0, 0.05) is 6.04 Å². The standard InChI is InChI=1S/C27H26N2O3/c30-26-25(28-27(31)29(26)22-10-2-1-3-11-22)17-19-13-15-23(16-14-19)32-18-21-9-6-8-20-7-4-5-12-24(20)21/h4-9,12-17,22H,1-3,10-11,18H2,(H,28,31)/b25-17-. The van der Waals surface area contributed by atoms with E-state index in [1.807, 2.05) is 42.5 Å². The predicted molar refractivity (Wildman–Crippen MR) is 125 cm³/mol. The quantitative estimate of drug-likeness (QED) is 0.424. The Kier molecular flexibility index (Phi) is 5.63. The highest BCUT2D eigenvalue weighted by Crippen LogP contribution is 2.27. The molecule has 3 amide bonds. The van der Waals surface area contributed by atoms with Gasteiger partial charge in [-0.1, -0.05) is 73.9 Å². The molecule has 3 aromatic carbocycles.